The number of anilines is 1. The maximum atomic E-state index is 12.6. The Kier molecular flexibility index (Phi) is 10.3. The summed E-state index contributed by atoms with van der Waals surface area (Å²) < 4.78 is 23.3. The van der Waals surface area contributed by atoms with Crippen molar-refractivity contribution in [3.8, 4) is 34.8 Å². The molecule has 0 aromatic heterocycles. The molecule has 42 heavy (non-hydrogen) atoms. The summed E-state index contributed by atoms with van der Waals surface area (Å²) in [5, 5.41) is 21.9. The van der Waals surface area contributed by atoms with E-state index < -0.39 is 5.91 Å². The number of amides is 1. The van der Waals surface area contributed by atoms with E-state index in [0.717, 1.165) is 11.1 Å². The average Bonchev–Trinajstić information content (AvgIpc) is 3.00. The van der Waals surface area contributed by atoms with Crippen molar-refractivity contribution in [3.63, 3.8) is 0 Å². The summed E-state index contributed by atoms with van der Waals surface area (Å²) in [4.78, 5) is 12.6. The van der Waals surface area contributed by atoms with E-state index in [2.05, 4.69) is 5.32 Å². The van der Waals surface area contributed by atoms with Crippen molar-refractivity contribution in [2.75, 3.05) is 19.0 Å². The van der Waals surface area contributed by atoms with Crippen LogP contribution in [0.25, 0.3) is 6.08 Å². The molecule has 0 bridgehead atoms. The summed E-state index contributed by atoms with van der Waals surface area (Å²) in [7, 11) is 1.47. The molecular weight excluding hydrogens is 556 g/mol. The molecule has 0 heterocycles. The van der Waals surface area contributed by atoms with Gasteiger partial charge in [0.25, 0.3) is 5.91 Å². The smallest absolute Gasteiger partial charge is 0.266 e. The molecule has 0 aliphatic heterocycles. The molecule has 0 fully saturated rings. The quantitative estimate of drug-likeness (QED) is 0.103. The highest BCUT2D eigenvalue weighted by Gasteiger charge is 2.16. The number of methoxy groups -OCH3 is 1. The zero-order chi connectivity index (χ0) is 29.9. The van der Waals surface area contributed by atoms with Crippen LogP contribution >= 0.6 is 11.6 Å². The monoisotopic (exact) mass is 584 g/mol. The van der Waals surface area contributed by atoms with Crippen LogP contribution in [0.1, 0.15) is 23.6 Å². The van der Waals surface area contributed by atoms with E-state index in [1.54, 1.807) is 12.1 Å². The molecule has 8 nitrogen and oxygen atoms in total. The number of halogens is 1. The van der Waals surface area contributed by atoms with E-state index in [9.17, 15) is 15.2 Å². The number of rotatable bonds is 12. The van der Waals surface area contributed by atoms with Crippen LogP contribution < -0.4 is 24.3 Å². The van der Waals surface area contributed by atoms with Crippen molar-refractivity contribution in [2.45, 2.75) is 20.1 Å². The number of phenols is 1. The lowest BCUT2D eigenvalue weighted by Crippen LogP contribution is -2.13. The Morgan fingerprint density at radius 2 is 1.64 bits per heavy atom. The van der Waals surface area contributed by atoms with Gasteiger partial charge in [-0.15, -0.1) is 0 Å². The predicted molar refractivity (Wildman–Crippen MR) is 161 cm³/mol. The molecule has 0 saturated heterocycles. The zero-order valence-corrected chi connectivity index (χ0v) is 23.9. The minimum atomic E-state index is -0.611. The van der Waals surface area contributed by atoms with Gasteiger partial charge in [-0.1, -0.05) is 48.0 Å². The number of hydrogen-bond donors (Lipinski definition) is 2. The molecule has 4 rings (SSSR count). The summed E-state index contributed by atoms with van der Waals surface area (Å²) in [5.74, 6) is 1.32. The fourth-order valence-corrected chi connectivity index (χ4v) is 4.22. The number of nitrogens with zero attached hydrogens (tertiary/aromatic N) is 1. The Hall–Kier alpha value is -5.13. The van der Waals surface area contributed by atoms with Gasteiger partial charge in [-0.3, -0.25) is 4.79 Å². The van der Waals surface area contributed by atoms with Crippen LogP contribution in [0.5, 0.6) is 28.7 Å². The first-order valence-corrected chi connectivity index (χ1v) is 13.4. The van der Waals surface area contributed by atoms with Crippen molar-refractivity contribution in [1.29, 1.82) is 5.26 Å². The minimum absolute atomic E-state index is 0.0627. The standard InChI is InChI=1S/C33H29ClN2O6/c1-3-40-30-17-23(9-14-29(30)41-20-22-7-5-4-6-8-22)21-42-32-28(34)16-24(18-31(32)39-2)15-25(19-35)33(38)36-26-10-12-27(37)13-11-26/h4-18,37H,3,20-21H2,1-2H3,(H,36,38)/b25-15+. The largest absolute Gasteiger partial charge is 0.508 e. The molecule has 0 spiro atoms. The van der Waals surface area contributed by atoms with E-state index in [0.29, 0.717) is 47.5 Å². The van der Waals surface area contributed by atoms with Crippen LogP contribution in [0.4, 0.5) is 5.69 Å². The van der Waals surface area contributed by atoms with Crippen LogP contribution in [0.2, 0.25) is 5.02 Å². The molecule has 1 amide bonds. The topological polar surface area (TPSA) is 110 Å². The third kappa shape index (κ3) is 7.96. The van der Waals surface area contributed by atoms with Gasteiger partial charge in [-0.05, 0) is 78.2 Å². The van der Waals surface area contributed by atoms with Crippen molar-refractivity contribution < 1.29 is 28.8 Å². The zero-order valence-electron chi connectivity index (χ0n) is 23.1. The Bertz CT molecular complexity index is 1600. The number of nitriles is 1. The van der Waals surface area contributed by atoms with Crippen molar-refractivity contribution >= 4 is 29.3 Å². The van der Waals surface area contributed by atoms with Crippen LogP contribution in [0.3, 0.4) is 0 Å². The first-order chi connectivity index (χ1) is 20.4. The van der Waals surface area contributed by atoms with Gasteiger partial charge in [0.05, 0.1) is 18.7 Å². The van der Waals surface area contributed by atoms with Gasteiger partial charge in [0.15, 0.2) is 23.0 Å². The number of carbonyl (C=O) groups is 1. The fourth-order valence-electron chi connectivity index (χ4n) is 3.94. The lowest BCUT2D eigenvalue weighted by Gasteiger charge is -2.16. The van der Waals surface area contributed by atoms with E-state index in [1.165, 1.54) is 37.5 Å². The lowest BCUT2D eigenvalue weighted by atomic mass is 10.1. The normalized spacial score (nSPS) is 10.9. The fraction of sp³-hybridized carbons (Fsp3) is 0.152. The molecule has 0 atom stereocenters. The Morgan fingerprint density at radius 1 is 0.905 bits per heavy atom. The third-order valence-electron chi connectivity index (χ3n) is 5.98. The number of nitrogens with one attached hydrogen (secondary N) is 1. The molecule has 4 aromatic rings. The lowest BCUT2D eigenvalue weighted by molar-refractivity contribution is -0.112. The summed E-state index contributed by atoms with van der Waals surface area (Å²) in [6.45, 7) is 2.96. The molecule has 0 radical (unpaired) electrons. The van der Waals surface area contributed by atoms with Crippen molar-refractivity contribution in [3.05, 3.63) is 112 Å². The Morgan fingerprint density at radius 3 is 2.33 bits per heavy atom. The molecule has 9 heteroatoms. The van der Waals surface area contributed by atoms with Gasteiger partial charge < -0.3 is 29.4 Å². The van der Waals surface area contributed by atoms with Crippen molar-refractivity contribution in [2.24, 2.45) is 0 Å². The van der Waals surface area contributed by atoms with Gasteiger partial charge in [-0.25, -0.2) is 0 Å². The second-order valence-electron chi connectivity index (χ2n) is 8.98. The number of aromatic hydroxyl groups is 1. The minimum Gasteiger partial charge on any atom is -0.508 e. The second-order valence-corrected chi connectivity index (χ2v) is 9.39. The van der Waals surface area contributed by atoms with Gasteiger partial charge in [0.1, 0.15) is 30.6 Å². The molecule has 2 N–H and O–H groups in total. The molecule has 0 unspecified atom stereocenters. The number of hydrogen-bond acceptors (Lipinski definition) is 7. The highest BCUT2D eigenvalue weighted by atomic mass is 35.5. The maximum Gasteiger partial charge on any atom is 0.266 e. The molecule has 4 aromatic carbocycles. The SMILES string of the molecule is CCOc1cc(COc2c(Cl)cc(/C=C(\C#N)C(=O)Nc3ccc(O)cc3)cc2OC)ccc1OCc1ccccc1. The van der Waals surface area contributed by atoms with Crippen LogP contribution in [-0.2, 0) is 18.0 Å². The summed E-state index contributed by atoms with van der Waals surface area (Å²) in [6, 6.07) is 26.5. The molecular formula is C33H29ClN2O6. The second kappa shape index (κ2) is 14.5. The van der Waals surface area contributed by atoms with Crippen LogP contribution in [0.15, 0.2) is 90.5 Å². The maximum absolute atomic E-state index is 12.6. The van der Waals surface area contributed by atoms with Gasteiger partial charge >= 0.3 is 0 Å². The average molecular weight is 585 g/mol. The van der Waals surface area contributed by atoms with E-state index >= 15 is 0 Å². The molecule has 0 aliphatic rings. The number of carbonyl (C=O) groups excluding carboxylic acids is 1. The number of ether oxygens (including phenoxy) is 4. The Labute approximate surface area is 249 Å². The highest BCUT2D eigenvalue weighted by Crippen LogP contribution is 2.38. The first-order valence-electron chi connectivity index (χ1n) is 13.0. The van der Waals surface area contributed by atoms with Gasteiger partial charge in [0, 0.05) is 5.69 Å². The third-order valence-corrected chi connectivity index (χ3v) is 6.26. The van der Waals surface area contributed by atoms with Crippen LogP contribution in [0, 0.1) is 11.3 Å². The summed E-state index contributed by atoms with van der Waals surface area (Å²) >= 11 is 6.55. The number of benzene rings is 4. The Balaban J connectivity index is 1.48. The summed E-state index contributed by atoms with van der Waals surface area (Å²) in [6.07, 6.45) is 1.40. The molecule has 0 aliphatic carbocycles. The predicted octanol–water partition coefficient (Wildman–Crippen LogP) is 7.16. The van der Waals surface area contributed by atoms with Gasteiger partial charge in [-0.2, -0.15) is 5.26 Å². The van der Waals surface area contributed by atoms with Crippen molar-refractivity contribution in [1.82, 2.24) is 0 Å². The number of phenolic OH excluding ortho intramolecular Hbond substituents is 1. The van der Waals surface area contributed by atoms with Crippen LogP contribution in [-0.4, -0.2) is 24.7 Å². The van der Waals surface area contributed by atoms with E-state index in [1.807, 2.05) is 61.5 Å². The van der Waals surface area contributed by atoms with E-state index in [4.69, 9.17) is 30.5 Å². The van der Waals surface area contributed by atoms with Gasteiger partial charge in [0.2, 0.25) is 0 Å². The molecule has 214 valence electrons. The molecule has 0 saturated carbocycles. The van der Waals surface area contributed by atoms with E-state index in [-0.39, 0.29) is 23.0 Å². The first kappa shape index (κ1) is 29.8. The highest BCUT2D eigenvalue weighted by molar-refractivity contribution is 6.32. The summed E-state index contributed by atoms with van der Waals surface area (Å²) in [5.41, 5.74) is 2.63.